The maximum atomic E-state index is 4.34. The monoisotopic (exact) mass is 232 g/mol. The van der Waals surface area contributed by atoms with Gasteiger partial charge in [-0.1, -0.05) is 31.7 Å². The van der Waals surface area contributed by atoms with Crippen LogP contribution in [-0.2, 0) is 6.42 Å². The van der Waals surface area contributed by atoms with E-state index in [9.17, 15) is 0 Å². The minimum atomic E-state index is 0.918. The third-order valence-corrected chi connectivity index (χ3v) is 3.69. The Morgan fingerprint density at radius 3 is 2.65 bits per heavy atom. The first-order valence-corrected chi connectivity index (χ1v) is 7.06. The molecule has 1 heterocycles. The Morgan fingerprint density at radius 1 is 1.12 bits per heavy atom. The Kier molecular flexibility index (Phi) is 5.50. The molecule has 0 amide bonds. The summed E-state index contributed by atoms with van der Waals surface area (Å²) in [5, 5.41) is 3.59. The number of aromatic nitrogens is 1. The van der Waals surface area contributed by atoms with Gasteiger partial charge >= 0.3 is 0 Å². The molecule has 2 nitrogen and oxygen atoms in total. The van der Waals surface area contributed by atoms with Gasteiger partial charge in [0.1, 0.15) is 0 Å². The molecule has 1 saturated carbocycles. The minimum absolute atomic E-state index is 0.918. The van der Waals surface area contributed by atoms with Crippen molar-refractivity contribution in [3.63, 3.8) is 0 Å². The lowest BCUT2D eigenvalue weighted by atomic mass is 10.0. The predicted molar refractivity (Wildman–Crippen MR) is 72.0 cm³/mol. The molecule has 2 rings (SSSR count). The van der Waals surface area contributed by atoms with Crippen molar-refractivity contribution in [1.29, 1.82) is 0 Å². The summed E-state index contributed by atoms with van der Waals surface area (Å²) in [7, 11) is 0. The fourth-order valence-corrected chi connectivity index (χ4v) is 2.64. The Labute approximate surface area is 105 Å². The highest BCUT2D eigenvalue weighted by atomic mass is 14.9. The smallest absolute Gasteiger partial charge is 0.0416 e. The molecule has 0 unspecified atom stereocenters. The SMILES string of the molecule is c1ccc(CCNCC2CCCCCC2)nc1. The van der Waals surface area contributed by atoms with Gasteiger partial charge in [0, 0.05) is 24.9 Å². The Hall–Kier alpha value is -0.890. The number of hydrogen-bond acceptors (Lipinski definition) is 2. The van der Waals surface area contributed by atoms with Crippen LogP contribution >= 0.6 is 0 Å². The average molecular weight is 232 g/mol. The molecule has 1 aliphatic carbocycles. The van der Waals surface area contributed by atoms with Gasteiger partial charge in [-0.15, -0.1) is 0 Å². The molecule has 94 valence electrons. The first-order chi connectivity index (χ1) is 8.45. The van der Waals surface area contributed by atoms with Crippen LogP contribution in [0.3, 0.4) is 0 Å². The summed E-state index contributed by atoms with van der Waals surface area (Å²) in [5.41, 5.74) is 1.20. The molecule has 2 heteroatoms. The predicted octanol–water partition coefficient (Wildman–Crippen LogP) is 3.18. The van der Waals surface area contributed by atoms with Crippen molar-refractivity contribution in [3.8, 4) is 0 Å². The summed E-state index contributed by atoms with van der Waals surface area (Å²) in [6.07, 6.45) is 11.6. The summed E-state index contributed by atoms with van der Waals surface area (Å²) in [4.78, 5) is 4.34. The van der Waals surface area contributed by atoms with Gasteiger partial charge in [0.05, 0.1) is 0 Å². The zero-order valence-electron chi connectivity index (χ0n) is 10.7. The first-order valence-electron chi connectivity index (χ1n) is 7.06. The van der Waals surface area contributed by atoms with Crippen molar-refractivity contribution < 1.29 is 0 Å². The first kappa shape index (κ1) is 12.6. The molecule has 17 heavy (non-hydrogen) atoms. The van der Waals surface area contributed by atoms with Gasteiger partial charge in [-0.2, -0.15) is 0 Å². The molecule has 1 fully saturated rings. The molecule has 1 N–H and O–H groups in total. The van der Waals surface area contributed by atoms with E-state index in [1.54, 1.807) is 0 Å². The van der Waals surface area contributed by atoms with Crippen LogP contribution in [0.5, 0.6) is 0 Å². The van der Waals surface area contributed by atoms with Crippen LogP contribution in [0, 0.1) is 5.92 Å². The second-order valence-corrected chi connectivity index (χ2v) is 5.13. The van der Waals surface area contributed by atoms with E-state index in [0.717, 1.165) is 18.9 Å². The average Bonchev–Trinajstić information content (AvgIpc) is 2.65. The number of nitrogens with zero attached hydrogens (tertiary/aromatic N) is 1. The highest BCUT2D eigenvalue weighted by Crippen LogP contribution is 2.21. The van der Waals surface area contributed by atoms with E-state index in [1.165, 1.54) is 50.8 Å². The molecule has 0 bridgehead atoms. The van der Waals surface area contributed by atoms with Gasteiger partial charge in [0.15, 0.2) is 0 Å². The molecule has 0 aromatic carbocycles. The van der Waals surface area contributed by atoms with Gasteiger partial charge in [0.25, 0.3) is 0 Å². The van der Waals surface area contributed by atoms with E-state index in [4.69, 9.17) is 0 Å². The summed E-state index contributed by atoms with van der Waals surface area (Å²) in [5.74, 6) is 0.918. The van der Waals surface area contributed by atoms with Crippen molar-refractivity contribution in [3.05, 3.63) is 30.1 Å². The van der Waals surface area contributed by atoms with Gasteiger partial charge in [-0.3, -0.25) is 4.98 Å². The van der Waals surface area contributed by atoms with E-state index in [-0.39, 0.29) is 0 Å². The van der Waals surface area contributed by atoms with Crippen LogP contribution < -0.4 is 5.32 Å². The fourth-order valence-electron chi connectivity index (χ4n) is 2.64. The lowest BCUT2D eigenvalue weighted by molar-refractivity contribution is 0.427. The largest absolute Gasteiger partial charge is 0.316 e. The van der Waals surface area contributed by atoms with Gasteiger partial charge < -0.3 is 5.32 Å². The maximum Gasteiger partial charge on any atom is 0.0416 e. The molecule has 0 atom stereocenters. The van der Waals surface area contributed by atoms with Gasteiger partial charge in [-0.25, -0.2) is 0 Å². The third kappa shape index (κ3) is 4.86. The molecular formula is C15H24N2. The molecule has 0 radical (unpaired) electrons. The van der Waals surface area contributed by atoms with Crippen LogP contribution in [0.2, 0.25) is 0 Å². The molecule has 0 aliphatic heterocycles. The van der Waals surface area contributed by atoms with E-state index in [2.05, 4.69) is 22.4 Å². The molecular weight excluding hydrogens is 208 g/mol. The van der Waals surface area contributed by atoms with Gasteiger partial charge in [-0.05, 0) is 37.4 Å². The molecule has 0 spiro atoms. The van der Waals surface area contributed by atoms with Crippen molar-refractivity contribution in [1.82, 2.24) is 10.3 Å². The highest BCUT2D eigenvalue weighted by molar-refractivity contribution is 5.03. The Balaban J connectivity index is 1.59. The number of hydrogen-bond donors (Lipinski definition) is 1. The van der Waals surface area contributed by atoms with Crippen LogP contribution in [-0.4, -0.2) is 18.1 Å². The lowest BCUT2D eigenvalue weighted by Crippen LogP contribution is -2.24. The zero-order chi connectivity index (χ0) is 11.8. The Bertz CT molecular complexity index is 289. The van der Waals surface area contributed by atoms with Crippen LogP contribution in [0.25, 0.3) is 0 Å². The number of pyridine rings is 1. The lowest BCUT2D eigenvalue weighted by Gasteiger charge is -2.14. The number of rotatable bonds is 5. The van der Waals surface area contributed by atoms with Crippen molar-refractivity contribution >= 4 is 0 Å². The summed E-state index contributed by atoms with van der Waals surface area (Å²) >= 11 is 0. The summed E-state index contributed by atoms with van der Waals surface area (Å²) in [6.45, 7) is 2.26. The van der Waals surface area contributed by atoms with E-state index < -0.39 is 0 Å². The second-order valence-electron chi connectivity index (χ2n) is 5.13. The standard InChI is InChI=1S/C15H24N2/c1-2-4-8-14(7-3-1)13-16-12-10-15-9-5-6-11-17-15/h5-6,9,11,14,16H,1-4,7-8,10,12-13H2. The Morgan fingerprint density at radius 2 is 1.94 bits per heavy atom. The van der Waals surface area contributed by atoms with Crippen LogP contribution in [0.15, 0.2) is 24.4 Å². The maximum absolute atomic E-state index is 4.34. The topological polar surface area (TPSA) is 24.9 Å². The fraction of sp³-hybridized carbons (Fsp3) is 0.667. The normalized spacial score (nSPS) is 17.9. The molecule has 1 aromatic rings. The van der Waals surface area contributed by atoms with Crippen molar-refractivity contribution in [2.45, 2.75) is 44.9 Å². The third-order valence-electron chi connectivity index (χ3n) is 3.69. The zero-order valence-corrected chi connectivity index (χ0v) is 10.7. The summed E-state index contributed by atoms with van der Waals surface area (Å²) in [6, 6.07) is 6.14. The van der Waals surface area contributed by atoms with Gasteiger partial charge in [0.2, 0.25) is 0 Å². The summed E-state index contributed by atoms with van der Waals surface area (Å²) < 4.78 is 0. The second kappa shape index (κ2) is 7.44. The quantitative estimate of drug-likeness (QED) is 0.623. The molecule has 0 saturated heterocycles. The van der Waals surface area contributed by atoms with Crippen molar-refractivity contribution in [2.24, 2.45) is 5.92 Å². The van der Waals surface area contributed by atoms with E-state index >= 15 is 0 Å². The molecule has 1 aliphatic rings. The molecule has 1 aromatic heterocycles. The van der Waals surface area contributed by atoms with Crippen LogP contribution in [0.1, 0.15) is 44.2 Å². The van der Waals surface area contributed by atoms with E-state index in [0.29, 0.717) is 0 Å². The number of nitrogens with one attached hydrogen (secondary N) is 1. The van der Waals surface area contributed by atoms with Crippen molar-refractivity contribution in [2.75, 3.05) is 13.1 Å². The highest BCUT2D eigenvalue weighted by Gasteiger charge is 2.11. The van der Waals surface area contributed by atoms with Crippen LogP contribution in [0.4, 0.5) is 0 Å². The van der Waals surface area contributed by atoms with E-state index in [1.807, 2.05) is 12.3 Å². The minimum Gasteiger partial charge on any atom is -0.316 e.